The van der Waals surface area contributed by atoms with E-state index in [0.717, 1.165) is 31.0 Å². The van der Waals surface area contributed by atoms with Crippen molar-refractivity contribution in [1.29, 1.82) is 0 Å². The number of hydrogen-bond acceptors (Lipinski definition) is 3. The zero-order valence-corrected chi connectivity index (χ0v) is 11.8. The van der Waals surface area contributed by atoms with E-state index in [1.54, 1.807) is 7.11 Å². The van der Waals surface area contributed by atoms with Crippen LogP contribution in [0.15, 0.2) is 24.3 Å². The molecule has 2 aromatic rings. The highest BCUT2D eigenvalue weighted by Gasteiger charge is 2.07. The number of nitrogens with one attached hydrogen (secondary N) is 2. The maximum absolute atomic E-state index is 5.15. The molecule has 2 rings (SSSR count). The van der Waals surface area contributed by atoms with E-state index in [9.17, 15) is 0 Å². The van der Waals surface area contributed by atoms with Gasteiger partial charge in [-0.3, -0.25) is 5.10 Å². The van der Waals surface area contributed by atoms with Gasteiger partial charge in [-0.05, 0) is 31.9 Å². The van der Waals surface area contributed by atoms with Crippen molar-refractivity contribution in [3.8, 4) is 0 Å². The van der Waals surface area contributed by atoms with Crippen LogP contribution in [0.2, 0.25) is 0 Å². The molecular weight excluding hydrogens is 238 g/mol. The predicted octanol–water partition coefficient (Wildman–Crippen LogP) is 2.83. The molecule has 0 aliphatic rings. The molecule has 0 amide bonds. The van der Waals surface area contributed by atoms with Gasteiger partial charge in [0.2, 0.25) is 0 Å². The van der Waals surface area contributed by atoms with Crippen LogP contribution < -0.4 is 5.32 Å². The van der Waals surface area contributed by atoms with Gasteiger partial charge in [-0.15, -0.1) is 0 Å². The zero-order valence-electron chi connectivity index (χ0n) is 11.8. The lowest BCUT2D eigenvalue weighted by atomic mass is 10.1. The summed E-state index contributed by atoms with van der Waals surface area (Å²) in [6, 6.07) is 8.35. The predicted molar refractivity (Wildman–Crippen MR) is 77.4 cm³/mol. The fraction of sp³-hybridized carbons (Fsp3) is 0.400. The second kappa shape index (κ2) is 6.38. The van der Waals surface area contributed by atoms with Crippen LogP contribution in [0.3, 0.4) is 0 Å². The van der Waals surface area contributed by atoms with Crippen molar-refractivity contribution in [1.82, 2.24) is 10.2 Å². The Morgan fingerprint density at radius 2 is 2.05 bits per heavy atom. The summed E-state index contributed by atoms with van der Waals surface area (Å²) in [4.78, 5) is 0. The summed E-state index contributed by atoms with van der Waals surface area (Å²) in [6.45, 7) is 5.60. The quantitative estimate of drug-likeness (QED) is 0.838. The molecule has 0 bridgehead atoms. The zero-order chi connectivity index (χ0) is 13.7. The molecule has 1 aromatic heterocycles. The van der Waals surface area contributed by atoms with Gasteiger partial charge in [-0.1, -0.05) is 18.2 Å². The van der Waals surface area contributed by atoms with Gasteiger partial charge < -0.3 is 10.1 Å². The summed E-state index contributed by atoms with van der Waals surface area (Å²) >= 11 is 0. The van der Waals surface area contributed by atoms with Gasteiger partial charge in [0.15, 0.2) is 0 Å². The first-order chi connectivity index (χ1) is 9.22. The molecule has 1 aromatic carbocycles. The number of methoxy groups -OCH3 is 1. The van der Waals surface area contributed by atoms with Crippen molar-refractivity contribution in [2.45, 2.75) is 26.8 Å². The Hall–Kier alpha value is -1.81. The average molecular weight is 259 g/mol. The standard InChI is InChI=1S/C15H21N3O/c1-11-14(12(2)18-17-11)10-16-15-7-5-4-6-13(15)8-9-19-3/h4-7,16H,8-10H2,1-3H3,(H,17,18). The average Bonchev–Trinajstić information content (AvgIpc) is 2.74. The number of nitrogens with zero attached hydrogens (tertiary/aromatic N) is 1. The molecule has 0 atom stereocenters. The van der Waals surface area contributed by atoms with Gasteiger partial charge in [0, 0.05) is 30.6 Å². The Balaban J connectivity index is 2.07. The van der Waals surface area contributed by atoms with Gasteiger partial charge in [0.25, 0.3) is 0 Å². The first-order valence-corrected chi connectivity index (χ1v) is 6.53. The molecule has 0 aliphatic carbocycles. The highest BCUT2D eigenvalue weighted by Crippen LogP contribution is 2.18. The normalized spacial score (nSPS) is 10.7. The Morgan fingerprint density at radius 3 is 2.74 bits per heavy atom. The molecule has 0 saturated heterocycles. The maximum atomic E-state index is 5.15. The summed E-state index contributed by atoms with van der Waals surface area (Å²) in [7, 11) is 1.73. The van der Waals surface area contributed by atoms with Crippen molar-refractivity contribution in [3.63, 3.8) is 0 Å². The number of H-pyrrole nitrogens is 1. The highest BCUT2D eigenvalue weighted by atomic mass is 16.5. The number of benzene rings is 1. The first-order valence-electron chi connectivity index (χ1n) is 6.53. The van der Waals surface area contributed by atoms with E-state index >= 15 is 0 Å². The van der Waals surface area contributed by atoms with Crippen LogP contribution >= 0.6 is 0 Å². The van der Waals surface area contributed by atoms with Gasteiger partial charge in [0.1, 0.15) is 0 Å². The Kier molecular flexibility index (Phi) is 4.58. The molecule has 0 aliphatic heterocycles. The molecule has 2 N–H and O–H groups in total. The van der Waals surface area contributed by atoms with Crippen LogP contribution in [0.4, 0.5) is 5.69 Å². The Bertz CT molecular complexity index is 514. The number of aryl methyl sites for hydroxylation is 2. The molecule has 4 nitrogen and oxygen atoms in total. The van der Waals surface area contributed by atoms with Crippen LogP contribution in [0.25, 0.3) is 0 Å². The second-order valence-corrected chi connectivity index (χ2v) is 4.67. The first kappa shape index (κ1) is 13.6. The van der Waals surface area contributed by atoms with Crippen molar-refractivity contribution >= 4 is 5.69 Å². The summed E-state index contributed by atoms with van der Waals surface area (Å²) < 4.78 is 5.15. The van der Waals surface area contributed by atoms with E-state index in [1.807, 2.05) is 19.9 Å². The molecule has 19 heavy (non-hydrogen) atoms. The summed E-state index contributed by atoms with van der Waals surface area (Å²) in [6.07, 6.45) is 0.920. The number of para-hydroxylation sites is 1. The maximum Gasteiger partial charge on any atom is 0.0643 e. The third-order valence-electron chi connectivity index (χ3n) is 3.33. The fourth-order valence-electron chi connectivity index (χ4n) is 2.14. The van der Waals surface area contributed by atoms with Crippen LogP contribution in [-0.2, 0) is 17.7 Å². The van der Waals surface area contributed by atoms with Crippen LogP contribution in [-0.4, -0.2) is 23.9 Å². The SMILES string of the molecule is COCCc1ccccc1NCc1c(C)n[nH]c1C. The van der Waals surface area contributed by atoms with Crippen molar-refractivity contribution in [3.05, 3.63) is 46.8 Å². The topological polar surface area (TPSA) is 49.9 Å². The van der Waals surface area contributed by atoms with E-state index in [2.05, 4.69) is 33.7 Å². The number of anilines is 1. The van der Waals surface area contributed by atoms with E-state index in [4.69, 9.17) is 4.74 Å². The third kappa shape index (κ3) is 3.35. The monoisotopic (exact) mass is 259 g/mol. The molecule has 1 heterocycles. The molecule has 0 unspecified atom stereocenters. The van der Waals surface area contributed by atoms with Gasteiger partial charge in [-0.2, -0.15) is 5.10 Å². The lowest BCUT2D eigenvalue weighted by Gasteiger charge is -2.12. The molecule has 0 radical (unpaired) electrons. The lowest BCUT2D eigenvalue weighted by molar-refractivity contribution is 0.202. The number of rotatable bonds is 6. The molecule has 0 fully saturated rings. The number of aromatic amines is 1. The minimum Gasteiger partial charge on any atom is -0.384 e. The fourth-order valence-corrected chi connectivity index (χ4v) is 2.14. The molecule has 0 saturated carbocycles. The number of hydrogen-bond donors (Lipinski definition) is 2. The number of ether oxygens (including phenoxy) is 1. The van der Waals surface area contributed by atoms with E-state index < -0.39 is 0 Å². The van der Waals surface area contributed by atoms with Gasteiger partial charge in [0.05, 0.1) is 12.3 Å². The number of aromatic nitrogens is 2. The smallest absolute Gasteiger partial charge is 0.0643 e. The summed E-state index contributed by atoms with van der Waals surface area (Å²) in [5.74, 6) is 0. The molecule has 4 heteroatoms. The Labute approximate surface area is 114 Å². The largest absolute Gasteiger partial charge is 0.384 e. The summed E-state index contributed by atoms with van der Waals surface area (Å²) in [5.41, 5.74) is 5.86. The van der Waals surface area contributed by atoms with Crippen molar-refractivity contribution in [2.75, 3.05) is 19.0 Å². The van der Waals surface area contributed by atoms with E-state index in [-0.39, 0.29) is 0 Å². The van der Waals surface area contributed by atoms with E-state index in [0.29, 0.717) is 0 Å². The third-order valence-corrected chi connectivity index (χ3v) is 3.33. The second-order valence-electron chi connectivity index (χ2n) is 4.67. The van der Waals surface area contributed by atoms with Gasteiger partial charge in [-0.25, -0.2) is 0 Å². The minimum atomic E-state index is 0.739. The highest BCUT2D eigenvalue weighted by molar-refractivity contribution is 5.51. The molecular formula is C15H21N3O. The van der Waals surface area contributed by atoms with Crippen molar-refractivity contribution < 1.29 is 4.74 Å². The summed E-state index contributed by atoms with van der Waals surface area (Å²) in [5, 5.41) is 10.7. The van der Waals surface area contributed by atoms with Crippen LogP contribution in [0, 0.1) is 13.8 Å². The van der Waals surface area contributed by atoms with Crippen LogP contribution in [0.1, 0.15) is 22.5 Å². The molecule has 0 spiro atoms. The Morgan fingerprint density at radius 1 is 1.26 bits per heavy atom. The van der Waals surface area contributed by atoms with Crippen molar-refractivity contribution in [2.24, 2.45) is 0 Å². The lowest BCUT2D eigenvalue weighted by Crippen LogP contribution is -2.05. The van der Waals surface area contributed by atoms with Gasteiger partial charge >= 0.3 is 0 Å². The van der Waals surface area contributed by atoms with E-state index in [1.165, 1.54) is 16.8 Å². The van der Waals surface area contributed by atoms with Crippen LogP contribution in [0.5, 0.6) is 0 Å². The molecule has 102 valence electrons. The minimum absolute atomic E-state index is 0.739.